The topological polar surface area (TPSA) is 52.6 Å². The Morgan fingerprint density at radius 3 is 2.22 bits per heavy atom. The van der Waals surface area contributed by atoms with Crippen LogP contribution in [0.25, 0.3) is 0 Å². The van der Waals surface area contributed by atoms with Crippen LogP contribution in [0.4, 0.5) is 0 Å². The number of rotatable bonds is 6. The van der Waals surface area contributed by atoms with Gasteiger partial charge in [0.05, 0.1) is 12.9 Å². The van der Waals surface area contributed by atoms with Crippen molar-refractivity contribution in [3.05, 3.63) is 46.6 Å². The fourth-order valence-electron chi connectivity index (χ4n) is 2.71. The molecule has 150 valence electrons. The predicted molar refractivity (Wildman–Crippen MR) is 102 cm³/mol. The maximum absolute atomic E-state index is 11.9. The Labute approximate surface area is 176 Å². The van der Waals surface area contributed by atoms with E-state index in [9.17, 15) is 9.59 Å². The summed E-state index contributed by atoms with van der Waals surface area (Å²) in [6, 6.07) is 0. The Kier molecular flexibility index (Phi) is 10.9. The number of hydrogen-bond acceptors (Lipinski definition) is 4. The van der Waals surface area contributed by atoms with Gasteiger partial charge in [0.25, 0.3) is 0 Å². The first-order valence-electron chi connectivity index (χ1n) is 8.96. The number of ether oxygens (including phenoxy) is 2. The van der Waals surface area contributed by atoms with Gasteiger partial charge in [-0.3, -0.25) is 6.08 Å². The molecular weight excluding hydrogens is 429 g/mol. The van der Waals surface area contributed by atoms with Gasteiger partial charge in [-0.15, -0.1) is 13.0 Å². The molecule has 0 fully saturated rings. The number of ketones is 1. The molecular formula is C22H30O4Ru. The largest absolute Gasteiger partial charge is 2.00 e. The van der Waals surface area contributed by atoms with E-state index in [-0.39, 0.29) is 30.7 Å². The first kappa shape index (κ1) is 25.7. The second-order valence-electron chi connectivity index (χ2n) is 6.96. The standard InChI is InChI=1S/C12H15O4.C10H15.Ru/c1-3-8-16-11(12(14)15-2)10(13)9-6-4-5-7-9;1-7-6-10(4,5)9(3)8(7)2;/h4,6,11H,3,5,8H2,1-2H3;1-5H3;/q2*-1;+2. The molecule has 2 aliphatic carbocycles. The molecule has 0 bridgehead atoms. The molecule has 27 heavy (non-hydrogen) atoms. The van der Waals surface area contributed by atoms with Gasteiger partial charge in [-0.25, -0.2) is 10.4 Å². The molecule has 1 atom stereocenters. The first-order valence-corrected chi connectivity index (χ1v) is 8.96. The Balaban J connectivity index is 0.000000531. The van der Waals surface area contributed by atoms with Crippen molar-refractivity contribution >= 4 is 11.8 Å². The molecule has 0 heterocycles. The zero-order valence-electron chi connectivity index (χ0n) is 17.3. The van der Waals surface area contributed by atoms with Gasteiger partial charge in [0, 0.05) is 6.61 Å². The molecule has 1 unspecified atom stereocenters. The number of carbonyl (C=O) groups is 2. The van der Waals surface area contributed by atoms with Crippen molar-refractivity contribution < 1.29 is 38.5 Å². The number of Topliss-reactive ketones (excluding diaryl/α,β-unsaturated/α-hetero) is 1. The molecule has 0 aromatic carbocycles. The van der Waals surface area contributed by atoms with Gasteiger partial charge < -0.3 is 14.3 Å². The Bertz CT molecular complexity index is 666. The van der Waals surface area contributed by atoms with Gasteiger partial charge in [0.2, 0.25) is 0 Å². The molecule has 2 aliphatic rings. The number of carbonyl (C=O) groups excluding carboxylic acids is 2. The summed E-state index contributed by atoms with van der Waals surface area (Å²) in [7, 11) is 1.24. The summed E-state index contributed by atoms with van der Waals surface area (Å²) < 4.78 is 9.74. The van der Waals surface area contributed by atoms with Crippen LogP contribution in [-0.4, -0.2) is 31.6 Å². The maximum atomic E-state index is 11.9. The zero-order chi connectivity index (χ0) is 19.9. The third kappa shape index (κ3) is 6.97. The van der Waals surface area contributed by atoms with E-state index in [4.69, 9.17) is 4.74 Å². The van der Waals surface area contributed by atoms with Crippen molar-refractivity contribution in [1.29, 1.82) is 0 Å². The molecule has 0 spiro atoms. The van der Waals surface area contributed by atoms with E-state index >= 15 is 0 Å². The van der Waals surface area contributed by atoms with Crippen LogP contribution in [0.3, 0.4) is 0 Å². The fourth-order valence-corrected chi connectivity index (χ4v) is 2.71. The Morgan fingerprint density at radius 1 is 1.26 bits per heavy atom. The second-order valence-corrected chi connectivity index (χ2v) is 6.96. The zero-order valence-corrected chi connectivity index (χ0v) is 19.1. The summed E-state index contributed by atoms with van der Waals surface area (Å²) in [6.45, 7) is 13.2. The average Bonchev–Trinajstić information content (AvgIpc) is 3.19. The molecule has 4 nitrogen and oxygen atoms in total. The normalized spacial score (nSPS) is 18.0. The summed E-state index contributed by atoms with van der Waals surface area (Å²) >= 11 is 0. The van der Waals surface area contributed by atoms with E-state index in [1.807, 2.05) is 6.92 Å². The summed E-state index contributed by atoms with van der Waals surface area (Å²) in [4.78, 5) is 23.3. The summed E-state index contributed by atoms with van der Waals surface area (Å²) in [5, 5.41) is 0. The molecule has 0 amide bonds. The summed E-state index contributed by atoms with van der Waals surface area (Å²) in [5.41, 5.74) is 4.79. The number of methoxy groups -OCH3 is 1. The molecule has 0 aliphatic heterocycles. The van der Waals surface area contributed by atoms with Crippen molar-refractivity contribution in [2.24, 2.45) is 5.41 Å². The van der Waals surface area contributed by atoms with Crippen LogP contribution in [0, 0.1) is 17.6 Å². The quantitative estimate of drug-likeness (QED) is 0.257. The molecule has 0 saturated heterocycles. The van der Waals surface area contributed by atoms with Gasteiger partial charge in [0.1, 0.15) is 0 Å². The minimum atomic E-state index is -1.16. The van der Waals surface area contributed by atoms with Gasteiger partial charge >= 0.3 is 25.4 Å². The van der Waals surface area contributed by atoms with Crippen molar-refractivity contribution in [1.82, 2.24) is 0 Å². The smallest absolute Gasteiger partial charge is 0.468 e. The summed E-state index contributed by atoms with van der Waals surface area (Å²) in [5.74, 6) is -1.04. The van der Waals surface area contributed by atoms with E-state index in [1.165, 1.54) is 23.8 Å². The van der Waals surface area contributed by atoms with Crippen LogP contribution in [0.5, 0.6) is 0 Å². The van der Waals surface area contributed by atoms with Crippen molar-refractivity contribution in [2.75, 3.05) is 13.7 Å². The first-order chi connectivity index (χ1) is 12.2. The third-order valence-corrected chi connectivity index (χ3v) is 4.66. The number of hydrogen-bond donors (Lipinski definition) is 0. The van der Waals surface area contributed by atoms with Gasteiger partial charge in [0.15, 0.2) is 6.10 Å². The van der Waals surface area contributed by atoms with Crippen LogP contribution in [-0.2, 0) is 38.5 Å². The third-order valence-electron chi connectivity index (χ3n) is 4.66. The van der Waals surface area contributed by atoms with E-state index in [0.29, 0.717) is 18.6 Å². The minimum Gasteiger partial charge on any atom is -0.468 e. The molecule has 5 heteroatoms. The van der Waals surface area contributed by atoms with Crippen molar-refractivity contribution in [2.45, 2.75) is 60.5 Å². The van der Waals surface area contributed by atoms with Crippen molar-refractivity contribution in [3.8, 4) is 0 Å². The Hall–Kier alpha value is -1.32. The van der Waals surface area contributed by atoms with E-state index < -0.39 is 12.1 Å². The van der Waals surface area contributed by atoms with Crippen LogP contribution >= 0.6 is 0 Å². The summed E-state index contributed by atoms with van der Waals surface area (Å²) in [6.07, 6.45) is 9.93. The van der Waals surface area contributed by atoms with Crippen LogP contribution < -0.4 is 0 Å². The van der Waals surface area contributed by atoms with E-state index in [0.717, 1.165) is 6.42 Å². The Morgan fingerprint density at radius 2 is 1.89 bits per heavy atom. The van der Waals surface area contributed by atoms with Gasteiger partial charge in [-0.1, -0.05) is 46.5 Å². The van der Waals surface area contributed by atoms with Crippen LogP contribution in [0.2, 0.25) is 0 Å². The fraction of sp³-hybridized carbons (Fsp3) is 0.545. The van der Waals surface area contributed by atoms with E-state index in [2.05, 4.69) is 51.5 Å². The van der Waals surface area contributed by atoms with Crippen molar-refractivity contribution in [3.63, 3.8) is 0 Å². The monoisotopic (exact) mass is 460 g/mol. The van der Waals surface area contributed by atoms with Crippen LogP contribution in [0.15, 0.2) is 34.4 Å². The van der Waals surface area contributed by atoms with Gasteiger partial charge in [-0.05, 0) is 6.42 Å². The molecule has 0 aromatic rings. The minimum absolute atomic E-state index is 0. The molecule has 0 aromatic heterocycles. The molecule has 0 radical (unpaired) electrons. The molecule has 2 rings (SSSR count). The number of esters is 1. The van der Waals surface area contributed by atoms with Gasteiger partial charge in [-0.2, -0.15) is 28.9 Å². The SMILES string of the molecule is CC1=[C-]C(C)(C)C(C)=C1C.CCCOC(C(=O)OC)C(=O)C1=[C-]CC=C1.[Ru+2]. The molecule has 0 saturated carbocycles. The predicted octanol–water partition coefficient (Wildman–Crippen LogP) is 4.32. The molecule has 0 N–H and O–H groups in total. The maximum Gasteiger partial charge on any atom is 2.00 e. The average molecular weight is 460 g/mol. The second kappa shape index (κ2) is 11.5. The number of allylic oxidation sites excluding steroid dienone is 7. The van der Waals surface area contributed by atoms with E-state index in [1.54, 1.807) is 12.2 Å². The van der Waals surface area contributed by atoms with Crippen LogP contribution in [0.1, 0.15) is 54.4 Å².